The molecule has 0 spiro atoms. The summed E-state index contributed by atoms with van der Waals surface area (Å²) in [6, 6.07) is 3.08. The summed E-state index contributed by atoms with van der Waals surface area (Å²) in [5, 5.41) is 10.7. The summed E-state index contributed by atoms with van der Waals surface area (Å²) in [5.74, 6) is -0.265. The minimum absolute atomic E-state index is 0.257. The van der Waals surface area contributed by atoms with Crippen LogP contribution in [-0.4, -0.2) is 14.9 Å². The van der Waals surface area contributed by atoms with Gasteiger partial charge in [-0.2, -0.15) is 13.2 Å². The van der Waals surface area contributed by atoms with Gasteiger partial charge in [-0.3, -0.25) is 15.1 Å². The molecule has 2 rings (SSSR count). The van der Waals surface area contributed by atoms with Crippen LogP contribution in [0.5, 0.6) is 0 Å². The number of nitro groups is 1. The molecule has 0 saturated heterocycles. The smallest absolute Gasteiger partial charge is 0.378 e. The number of rotatable bonds is 2. The third kappa shape index (κ3) is 2.66. The van der Waals surface area contributed by atoms with Crippen LogP contribution in [0.25, 0.3) is 11.1 Å². The predicted molar refractivity (Wildman–Crippen MR) is 63.5 cm³/mol. The van der Waals surface area contributed by atoms with E-state index < -0.39 is 22.5 Å². The first-order chi connectivity index (χ1) is 9.29. The van der Waals surface area contributed by atoms with Gasteiger partial charge in [0.2, 0.25) is 5.82 Å². The Morgan fingerprint density at radius 1 is 1.15 bits per heavy atom. The number of hydrogen-bond acceptors (Lipinski definition) is 5. The van der Waals surface area contributed by atoms with Gasteiger partial charge in [-0.15, -0.1) is 0 Å². The van der Waals surface area contributed by atoms with E-state index >= 15 is 0 Å². The van der Waals surface area contributed by atoms with E-state index in [2.05, 4.69) is 9.97 Å². The highest BCUT2D eigenvalue weighted by Crippen LogP contribution is 2.30. The van der Waals surface area contributed by atoms with E-state index in [1.807, 2.05) is 0 Å². The Morgan fingerprint density at radius 3 is 2.30 bits per heavy atom. The average molecular weight is 284 g/mol. The first kappa shape index (κ1) is 13.7. The average Bonchev–Trinajstić information content (AvgIpc) is 2.38. The zero-order valence-electron chi connectivity index (χ0n) is 9.76. The van der Waals surface area contributed by atoms with E-state index in [1.54, 1.807) is 0 Å². The molecule has 0 aliphatic carbocycles. The topological polar surface area (TPSA) is 94.9 Å². The SMILES string of the molecule is Nc1ncc(-c2ccc(C(F)(F)F)nc2)cc1[N+](=O)[O-]. The van der Waals surface area contributed by atoms with Crippen molar-refractivity contribution in [3.8, 4) is 11.1 Å². The van der Waals surface area contributed by atoms with Crippen LogP contribution in [0.1, 0.15) is 5.69 Å². The lowest BCUT2D eigenvalue weighted by molar-refractivity contribution is -0.384. The molecule has 0 radical (unpaired) electrons. The molecule has 2 aromatic heterocycles. The molecule has 0 aromatic carbocycles. The molecule has 0 aliphatic rings. The Bertz CT molecular complexity index is 656. The van der Waals surface area contributed by atoms with Crippen molar-refractivity contribution in [1.82, 2.24) is 9.97 Å². The molecule has 0 saturated carbocycles. The highest BCUT2D eigenvalue weighted by atomic mass is 19.4. The molecule has 2 heterocycles. The number of hydrogen-bond donors (Lipinski definition) is 1. The van der Waals surface area contributed by atoms with E-state index in [-0.39, 0.29) is 16.9 Å². The lowest BCUT2D eigenvalue weighted by Gasteiger charge is -2.06. The van der Waals surface area contributed by atoms with Gasteiger partial charge in [0, 0.05) is 29.6 Å². The number of pyridine rings is 2. The maximum atomic E-state index is 12.4. The van der Waals surface area contributed by atoms with Crippen LogP contribution < -0.4 is 5.73 Å². The Kier molecular flexibility index (Phi) is 3.26. The van der Waals surface area contributed by atoms with Crippen molar-refractivity contribution in [1.29, 1.82) is 0 Å². The number of anilines is 1. The largest absolute Gasteiger partial charge is 0.433 e. The maximum absolute atomic E-state index is 12.4. The van der Waals surface area contributed by atoms with Gasteiger partial charge in [0.15, 0.2) is 0 Å². The van der Waals surface area contributed by atoms with Crippen molar-refractivity contribution >= 4 is 11.5 Å². The predicted octanol–water partition coefficient (Wildman–Crippen LogP) is 2.65. The molecule has 0 atom stereocenters. The van der Waals surface area contributed by atoms with Crippen LogP contribution in [0.15, 0.2) is 30.6 Å². The molecule has 2 aromatic rings. The fraction of sp³-hybridized carbons (Fsp3) is 0.0909. The highest BCUT2D eigenvalue weighted by molar-refractivity contribution is 5.68. The molecule has 0 fully saturated rings. The summed E-state index contributed by atoms with van der Waals surface area (Å²) in [5.41, 5.74) is 4.40. The first-order valence-electron chi connectivity index (χ1n) is 5.22. The van der Waals surface area contributed by atoms with E-state index in [0.717, 1.165) is 24.4 Å². The van der Waals surface area contributed by atoms with Gasteiger partial charge in [-0.05, 0) is 6.07 Å². The Balaban J connectivity index is 2.42. The van der Waals surface area contributed by atoms with Crippen LogP contribution in [0.4, 0.5) is 24.7 Å². The van der Waals surface area contributed by atoms with Gasteiger partial charge < -0.3 is 5.73 Å². The van der Waals surface area contributed by atoms with Gasteiger partial charge >= 0.3 is 11.9 Å². The summed E-state index contributed by atoms with van der Waals surface area (Å²) in [6.45, 7) is 0. The Hall–Kier alpha value is -2.71. The van der Waals surface area contributed by atoms with Gasteiger partial charge in [0.25, 0.3) is 0 Å². The number of nitrogens with two attached hydrogens (primary N) is 1. The van der Waals surface area contributed by atoms with Crippen LogP contribution >= 0.6 is 0 Å². The zero-order valence-corrected chi connectivity index (χ0v) is 9.76. The van der Waals surface area contributed by atoms with Gasteiger partial charge in [0.05, 0.1) is 4.92 Å². The summed E-state index contributed by atoms with van der Waals surface area (Å²) in [4.78, 5) is 16.9. The normalized spacial score (nSPS) is 11.3. The molecule has 104 valence electrons. The second-order valence-electron chi connectivity index (χ2n) is 3.82. The molecule has 6 nitrogen and oxygen atoms in total. The molecule has 0 aliphatic heterocycles. The van der Waals surface area contributed by atoms with Crippen LogP contribution in [0, 0.1) is 10.1 Å². The quantitative estimate of drug-likeness (QED) is 0.675. The third-order valence-corrected chi connectivity index (χ3v) is 2.48. The van der Waals surface area contributed by atoms with E-state index in [4.69, 9.17) is 5.73 Å². The molecule has 2 N–H and O–H groups in total. The summed E-state index contributed by atoms with van der Waals surface area (Å²) >= 11 is 0. The highest BCUT2D eigenvalue weighted by Gasteiger charge is 2.32. The van der Waals surface area contributed by atoms with E-state index in [9.17, 15) is 23.3 Å². The van der Waals surface area contributed by atoms with Crippen molar-refractivity contribution < 1.29 is 18.1 Å². The first-order valence-corrected chi connectivity index (χ1v) is 5.22. The molecule has 20 heavy (non-hydrogen) atoms. The van der Waals surface area contributed by atoms with E-state index in [1.165, 1.54) is 6.20 Å². The molecule has 0 bridgehead atoms. The molecule has 0 amide bonds. The van der Waals surface area contributed by atoms with Crippen molar-refractivity contribution in [2.75, 3.05) is 5.73 Å². The Morgan fingerprint density at radius 2 is 1.80 bits per heavy atom. The third-order valence-electron chi connectivity index (χ3n) is 2.48. The number of nitrogens with zero attached hydrogens (tertiary/aromatic N) is 3. The van der Waals surface area contributed by atoms with E-state index in [0.29, 0.717) is 0 Å². The number of halogens is 3. The second-order valence-corrected chi connectivity index (χ2v) is 3.82. The summed E-state index contributed by atoms with van der Waals surface area (Å²) < 4.78 is 37.1. The lowest BCUT2D eigenvalue weighted by Crippen LogP contribution is -2.07. The van der Waals surface area contributed by atoms with Crippen LogP contribution in [0.2, 0.25) is 0 Å². The summed E-state index contributed by atoms with van der Waals surface area (Å²) in [7, 11) is 0. The van der Waals surface area contributed by atoms with Gasteiger partial charge in [0.1, 0.15) is 5.69 Å². The number of alkyl halides is 3. The summed E-state index contributed by atoms with van der Waals surface area (Å²) in [6.07, 6.45) is -2.34. The number of aromatic nitrogens is 2. The van der Waals surface area contributed by atoms with Crippen molar-refractivity contribution in [2.24, 2.45) is 0 Å². The lowest BCUT2D eigenvalue weighted by atomic mass is 10.1. The fourth-order valence-electron chi connectivity index (χ4n) is 1.50. The molecule has 0 unspecified atom stereocenters. The minimum Gasteiger partial charge on any atom is -0.378 e. The molecule has 9 heteroatoms. The molecular weight excluding hydrogens is 277 g/mol. The standard InChI is InChI=1S/C11H7F3N4O2/c12-11(13,14)9-2-1-6(4-16-9)7-3-8(18(19)20)10(15)17-5-7/h1-5H,(H2,15,17). The van der Waals surface area contributed by atoms with Crippen molar-refractivity contribution in [3.63, 3.8) is 0 Å². The second kappa shape index (κ2) is 4.76. The maximum Gasteiger partial charge on any atom is 0.433 e. The van der Waals surface area contributed by atoms with Crippen LogP contribution in [0.3, 0.4) is 0 Å². The molecular formula is C11H7F3N4O2. The monoisotopic (exact) mass is 284 g/mol. The Labute approximate surface area is 110 Å². The van der Waals surface area contributed by atoms with Gasteiger partial charge in [-0.25, -0.2) is 4.98 Å². The zero-order chi connectivity index (χ0) is 14.9. The van der Waals surface area contributed by atoms with Gasteiger partial charge in [-0.1, -0.05) is 6.07 Å². The minimum atomic E-state index is -4.54. The van der Waals surface area contributed by atoms with Crippen LogP contribution in [-0.2, 0) is 6.18 Å². The number of nitrogen functional groups attached to an aromatic ring is 1. The fourth-order valence-corrected chi connectivity index (χ4v) is 1.50. The van der Waals surface area contributed by atoms with Crippen molar-refractivity contribution in [3.05, 3.63) is 46.4 Å². The van der Waals surface area contributed by atoms with Crippen molar-refractivity contribution in [2.45, 2.75) is 6.18 Å².